The van der Waals surface area contributed by atoms with Crippen LogP contribution in [0.4, 0.5) is 0 Å². The van der Waals surface area contributed by atoms with Crippen LogP contribution in [-0.2, 0) is 14.3 Å². The minimum absolute atomic E-state index is 0.782. The quantitative estimate of drug-likeness (QED) is 0.559. The van der Waals surface area contributed by atoms with E-state index in [1.54, 1.807) is 0 Å². The van der Waals surface area contributed by atoms with Crippen LogP contribution in [0.1, 0.15) is 0 Å². The number of halogens is 3. The summed E-state index contributed by atoms with van der Waals surface area (Å²) in [6.45, 7) is 1.06. The summed E-state index contributed by atoms with van der Waals surface area (Å²) in [7, 11) is -3.40. The van der Waals surface area contributed by atoms with E-state index < -0.39 is 12.3 Å². The second-order valence-corrected chi connectivity index (χ2v) is 10.0. The molecule has 0 fully saturated rings. The highest BCUT2D eigenvalue weighted by atomic mass is 80.0. The molecule has 0 aromatic heterocycles. The summed E-state index contributed by atoms with van der Waals surface area (Å²) in [6.07, 6.45) is 0.961. The number of hydrogen-bond donors (Lipinski definition) is 0. The summed E-state index contributed by atoms with van der Waals surface area (Å²) >= 11 is 9.06. The molecule has 0 saturated heterocycles. The first-order valence-electron chi connectivity index (χ1n) is 2.00. The average Bonchev–Trinajstić information content (AvgIpc) is 1.57. The molecule has 0 spiro atoms. The maximum absolute atomic E-state index is 10.4. The Bertz CT molecular complexity index is 192. The first-order chi connectivity index (χ1) is 4.21. The van der Waals surface area contributed by atoms with Crippen molar-refractivity contribution >= 4 is 57.9 Å². The second kappa shape index (κ2) is 3.84. The fourth-order valence-electron chi connectivity index (χ4n) is 0.142. The van der Waals surface area contributed by atoms with Gasteiger partial charge >= 0.3 is 0 Å². The Balaban J connectivity index is 3.79. The Morgan fingerprint density at radius 2 is 1.80 bits per heavy atom. The molecule has 0 amide bonds. The number of alkyl halides is 3. The normalized spacial score (nSPS) is 13.6. The zero-order valence-corrected chi connectivity index (χ0v) is 10.4. The Morgan fingerprint density at radius 3 is 1.90 bits per heavy atom. The zero-order valence-electron chi connectivity index (χ0n) is 4.84. The van der Waals surface area contributed by atoms with Gasteiger partial charge in [-0.3, -0.25) is 4.18 Å². The van der Waals surface area contributed by atoms with Crippen molar-refractivity contribution in [2.75, 3.05) is 6.26 Å². The van der Waals surface area contributed by atoms with Gasteiger partial charge in [0.2, 0.25) is 0 Å². The van der Waals surface area contributed by atoms with Crippen molar-refractivity contribution in [2.24, 2.45) is 0 Å². The predicted molar refractivity (Wildman–Crippen MR) is 49.7 cm³/mol. The molecule has 0 aromatic rings. The molecule has 0 unspecified atom stereocenters. The minimum Gasteiger partial charge on any atom is -0.261 e. The van der Waals surface area contributed by atoms with Gasteiger partial charge in [-0.2, -0.15) is 8.42 Å². The van der Waals surface area contributed by atoms with E-state index in [1.807, 2.05) is 0 Å². The van der Waals surface area contributed by atoms with Crippen molar-refractivity contribution in [3.63, 3.8) is 0 Å². The van der Waals surface area contributed by atoms with Crippen molar-refractivity contribution in [3.8, 4) is 0 Å². The summed E-state index contributed by atoms with van der Waals surface area (Å²) < 4.78 is 24.2. The molecule has 3 nitrogen and oxygen atoms in total. The topological polar surface area (TPSA) is 43.4 Å². The summed E-state index contributed by atoms with van der Waals surface area (Å²) in [6, 6.07) is 0. The monoisotopic (exact) mass is 357 g/mol. The molecule has 10 heavy (non-hydrogen) atoms. The number of hydrogen-bond acceptors (Lipinski definition) is 3. The van der Waals surface area contributed by atoms with Crippen LogP contribution < -0.4 is 0 Å². The molecule has 0 N–H and O–H groups in total. The molecule has 0 aromatic carbocycles. The molecule has 0 bridgehead atoms. The maximum Gasteiger partial charge on any atom is 0.264 e. The smallest absolute Gasteiger partial charge is 0.261 e. The summed E-state index contributed by atoms with van der Waals surface area (Å²) in [5.74, 6) is 0. The van der Waals surface area contributed by atoms with Crippen LogP contribution in [-0.4, -0.2) is 16.8 Å². The van der Waals surface area contributed by atoms with Crippen LogP contribution in [0.3, 0.4) is 0 Å². The van der Waals surface area contributed by atoms with Crippen LogP contribution in [0.5, 0.6) is 0 Å². The van der Waals surface area contributed by atoms with Gasteiger partial charge in [-0.25, -0.2) is 0 Å². The minimum atomic E-state index is -3.40. The molecular weight excluding hydrogens is 356 g/mol. The van der Waals surface area contributed by atoms with E-state index in [4.69, 9.17) is 0 Å². The first kappa shape index (κ1) is 11.4. The van der Waals surface area contributed by atoms with Crippen LogP contribution in [0.2, 0.25) is 0 Å². The van der Waals surface area contributed by atoms with Crippen molar-refractivity contribution in [1.82, 2.24) is 0 Å². The fraction of sp³-hybridized carbons (Fsp3) is 0.667. The average molecular weight is 360 g/mol. The van der Waals surface area contributed by atoms with Gasteiger partial charge < -0.3 is 0 Å². The Hall–Kier alpha value is 1.35. The highest BCUT2D eigenvalue weighted by molar-refractivity contribution is 9.39. The molecule has 0 heterocycles. The maximum atomic E-state index is 10.4. The first-order valence-corrected chi connectivity index (χ1v) is 6.20. The van der Waals surface area contributed by atoms with Gasteiger partial charge in [0.25, 0.3) is 10.1 Å². The van der Waals surface area contributed by atoms with E-state index in [0.29, 0.717) is 0 Å². The van der Waals surface area contributed by atoms with E-state index in [0.717, 1.165) is 12.9 Å². The lowest BCUT2D eigenvalue weighted by Gasteiger charge is -2.08. The van der Waals surface area contributed by atoms with E-state index >= 15 is 0 Å². The molecule has 0 rings (SSSR count). The van der Waals surface area contributed by atoms with Gasteiger partial charge in [-0.05, 0) is 0 Å². The van der Waals surface area contributed by atoms with Crippen molar-refractivity contribution < 1.29 is 12.6 Å². The third-order valence-corrected chi connectivity index (χ3v) is 1.36. The summed E-state index contributed by atoms with van der Waals surface area (Å²) in [4.78, 5) is 0. The lowest BCUT2D eigenvalue weighted by atomic mass is 10.9. The van der Waals surface area contributed by atoms with Crippen molar-refractivity contribution in [3.05, 3.63) is 6.61 Å². The van der Waals surface area contributed by atoms with Gasteiger partial charge in [0, 0.05) is 0 Å². The highest BCUT2D eigenvalue weighted by Crippen LogP contribution is 2.36. The van der Waals surface area contributed by atoms with Gasteiger partial charge in [-0.15, -0.1) is 0 Å². The summed E-state index contributed by atoms with van der Waals surface area (Å²) in [5, 5.41) is 0. The highest BCUT2D eigenvalue weighted by Gasteiger charge is 2.21. The van der Waals surface area contributed by atoms with Crippen LogP contribution in [0, 0.1) is 6.61 Å². The van der Waals surface area contributed by atoms with Crippen molar-refractivity contribution in [1.29, 1.82) is 0 Å². The molecule has 0 aliphatic rings. The lowest BCUT2D eigenvalue weighted by molar-refractivity contribution is 0.402. The second-order valence-electron chi connectivity index (χ2n) is 1.46. The van der Waals surface area contributed by atoms with Gasteiger partial charge in [0.15, 0.2) is 2.14 Å². The van der Waals surface area contributed by atoms with E-state index in [1.165, 1.54) is 0 Å². The SMILES string of the molecule is CS(=O)(=O)O[CH]C(Br)(Br)Br. The Kier molecular flexibility index (Phi) is 4.36. The fourth-order valence-corrected chi connectivity index (χ4v) is 1.11. The van der Waals surface area contributed by atoms with Gasteiger partial charge in [0.05, 0.1) is 6.26 Å². The molecule has 7 heteroatoms. The lowest BCUT2D eigenvalue weighted by Crippen LogP contribution is -2.08. The third-order valence-electron chi connectivity index (χ3n) is 0.357. The zero-order chi connectivity index (χ0) is 8.41. The van der Waals surface area contributed by atoms with E-state index in [9.17, 15) is 8.42 Å². The van der Waals surface area contributed by atoms with Crippen LogP contribution in [0.25, 0.3) is 0 Å². The van der Waals surface area contributed by atoms with Gasteiger partial charge in [0.1, 0.15) is 6.61 Å². The Morgan fingerprint density at radius 1 is 1.40 bits per heavy atom. The van der Waals surface area contributed by atoms with Crippen molar-refractivity contribution in [2.45, 2.75) is 2.14 Å². The largest absolute Gasteiger partial charge is 0.264 e. The van der Waals surface area contributed by atoms with Gasteiger partial charge in [-0.1, -0.05) is 47.8 Å². The molecule has 1 radical (unpaired) electrons. The summed E-state index contributed by atoms with van der Waals surface area (Å²) in [5.41, 5.74) is 0. The molecule has 0 aliphatic heterocycles. The third kappa shape index (κ3) is 9.35. The van der Waals surface area contributed by atoms with Crippen LogP contribution in [0.15, 0.2) is 0 Å². The molecule has 61 valence electrons. The van der Waals surface area contributed by atoms with E-state index in [2.05, 4.69) is 52.0 Å². The Labute approximate surface area is 85.0 Å². The molecule has 0 atom stereocenters. The van der Waals surface area contributed by atoms with E-state index in [-0.39, 0.29) is 0 Å². The number of rotatable bonds is 2. The van der Waals surface area contributed by atoms with Crippen LogP contribution >= 0.6 is 47.8 Å². The molecular formula is C3H4Br3O3S. The molecule has 0 aliphatic carbocycles. The standard InChI is InChI=1S/C3H4Br3O3S/c1-10(7,8)9-2-3(4,5)6/h2H,1H3. The predicted octanol–water partition coefficient (Wildman–Crippen LogP) is 1.96. The molecule has 0 saturated carbocycles.